The highest BCUT2D eigenvalue weighted by Crippen LogP contribution is 2.30. The predicted octanol–water partition coefficient (Wildman–Crippen LogP) is 4.48. The highest BCUT2D eigenvalue weighted by molar-refractivity contribution is 5.72. The zero-order valence-corrected chi connectivity index (χ0v) is 13.7. The van der Waals surface area contributed by atoms with Gasteiger partial charge >= 0.3 is 0 Å². The largest absolute Gasteiger partial charge is 0.497 e. The van der Waals surface area contributed by atoms with Crippen LogP contribution in [0.25, 0.3) is 11.1 Å². The third-order valence-corrected chi connectivity index (χ3v) is 3.69. The number of nitrogens with one attached hydrogen (secondary N) is 1. The number of aryl methyl sites for hydroxylation is 2. The molecule has 0 saturated carbocycles. The van der Waals surface area contributed by atoms with Crippen LogP contribution in [0, 0.1) is 13.8 Å². The van der Waals surface area contributed by atoms with Gasteiger partial charge in [-0.3, -0.25) is 0 Å². The van der Waals surface area contributed by atoms with Crippen LogP contribution in [0.15, 0.2) is 36.4 Å². The second-order valence-electron chi connectivity index (χ2n) is 5.88. The van der Waals surface area contributed by atoms with Crippen molar-refractivity contribution in [3.8, 4) is 16.9 Å². The van der Waals surface area contributed by atoms with Gasteiger partial charge in [0.05, 0.1) is 7.11 Å². The summed E-state index contributed by atoms with van der Waals surface area (Å²) in [5.74, 6) is 0.908. The van der Waals surface area contributed by atoms with Gasteiger partial charge in [-0.15, -0.1) is 0 Å². The maximum absolute atomic E-state index is 5.31. The first kappa shape index (κ1) is 15.6. The molecule has 0 aliphatic rings. The van der Waals surface area contributed by atoms with Crippen LogP contribution in [0.2, 0.25) is 0 Å². The van der Waals surface area contributed by atoms with E-state index >= 15 is 0 Å². The number of rotatable bonds is 5. The molecule has 0 aromatic heterocycles. The van der Waals surface area contributed by atoms with E-state index in [4.69, 9.17) is 4.74 Å². The lowest BCUT2D eigenvalue weighted by molar-refractivity contribution is 0.414. The van der Waals surface area contributed by atoms with Crippen LogP contribution in [-0.2, 0) is 6.54 Å². The summed E-state index contributed by atoms with van der Waals surface area (Å²) in [4.78, 5) is 0. The molecular formula is C19H25NO. The second kappa shape index (κ2) is 6.77. The molecule has 2 heteroatoms. The molecule has 0 spiro atoms. The van der Waals surface area contributed by atoms with Crippen molar-refractivity contribution >= 4 is 0 Å². The maximum Gasteiger partial charge on any atom is 0.119 e. The van der Waals surface area contributed by atoms with Crippen LogP contribution < -0.4 is 10.1 Å². The van der Waals surface area contributed by atoms with Crippen molar-refractivity contribution in [1.82, 2.24) is 5.32 Å². The van der Waals surface area contributed by atoms with Gasteiger partial charge in [0.15, 0.2) is 0 Å². The van der Waals surface area contributed by atoms with Gasteiger partial charge in [0.25, 0.3) is 0 Å². The van der Waals surface area contributed by atoms with Crippen molar-refractivity contribution in [2.45, 2.75) is 40.3 Å². The fourth-order valence-corrected chi connectivity index (χ4v) is 2.47. The molecule has 0 amide bonds. The maximum atomic E-state index is 5.31. The monoisotopic (exact) mass is 283 g/mol. The molecule has 0 saturated heterocycles. The van der Waals surface area contributed by atoms with E-state index in [-0.39, 0.29) is 0 Å². The standard InChI is InChI=1S/C19H25NO/c1-13(2)20-12-16-7-6-14(3)10-19(16)18-9-8-17(21-5)11-15(18)4/h6-11,13,20H,12H2,1-5H3. The fraction of sp³-hybridized carbons (Fsp3) is 0.368. The average Bonchev–Trinajstić information content (AvgIpc) is 2.45. The Balaban J connectivity index is 2.44. The number of ether oxygens (including phenoxy) is 1. The number of hydrogen-bond donors (Lipinski definition) is 1. The minimum absolute atomic E-state index is 0.483. The highest BCUT2D eigenvalue weighted by atomic mass is 16.5. The van der Waals surface area contributed by atoms with Crippen molar-refractivity contribution in [2.75, 3.05) is 7.11 Å². The van der Waals surface area contributed by atoms with Gasteiger partial charge in [0, 0.05) is 12.6 Å². The van der Waals surface area contributed by atoms with Gasteiger partial charge in [0.2, 0.25) is 0 Å². The summed E-state index contributed by atoms with van der Waals surface area (Å²) in [6, 6.07) is 13.4. The van der Waals surface area contributed by atoms with Crippen LogP contribution >= 0.6 is 0 Å². The van der Waals surface area contributed by atoms with Crippen LogP contribution in [0.5, 0.6) is 5.75 Å². The minimum atomic E-state index is 0.483. The van der Waals surface area contributed by atoms with E-state index in [1.165, 1.54) is 27.8 Å². The molecule has 112 valence electrons. The molecule has 1 N–H and O–H groups in total. The molecule has 0 radical (unpaired) electrons. The second-order valence-corrected chi connectivity index (χ2v) is 5.88. The molecule has 0 fully saturated rings. The van der Waals surface area contributed by atoms with E-state index in [1.54, 1.807) is 7.11 Å². The molecule has 2 nitrogen and oxygen atoms in total. The Morgan fingerprint density at radius 2 is 1.76 bits per heavy atom. The SMILES string of the molecule is COc1ccc(-c2cc(C)ccc2CNC(C)C)c(C)c1. The summed E-state index contributed by atoms with van der Waals surface area (Å²) in [5, 5.41) is 3.51. The fourth-order valence-electron chi connectivity index (χ4n) is 2.47. The smallest absolute Gasteiger partial charge is 0.119 e. The van der Waals surface area contributed by atoms with Crippen LogP contribution in [-0.4, -0.2) is 13.2 Å². The van der Waals surface area contributed by atoms with Crippen LogP contribution in [0.4, 0.5) is 0 Å². The summed E-state index contributed by atoms with van der Waals surface area (Å²) in [5.41, 5.74) is 6.45. The predicted molar refractivity (Wildman–Crippen MR) is 89.9 cm³/mol. The molecule has 0 unspecified atom stereocenters. The van der Waals surface area contributed by atoms with Gasteiger partial charge in [-0.2, -0.15) is 0 Å². The van der Waals surface area contributed by atoms with Gasteiger partial charge in [-0.25, -0.2) is 0 Å². The van der Waals surface area contributed by atoms with Crippen molar-refractivity contribution in [3.05, 3.63) is 53.1 Å². The van der Waals surface area contributed by atoms with Crippen LogP contribution in [0.3, 0.4) is 0 Å². The minimum Gasteiger partial charge on any atom is -0.497 e. The molecule has 0 bridgehead atoms. The first-order valence-corrected chi connectivity index (χ1v) is 7.49. The lowest BCUT2D eigenvalue weighted by Crippen LogP contribution is -2.22. The topological polar surface area (TPSA) is 21.3 Å². The van der Waals surface area contributed by atoms with E-state index in [0.29, 0.717) is 6.04 Å². The highest BCUT2D eigenvalue weighted by Gasteiger charge is 2.09. The van der Waals surface area contributed by atoms with Gasteiger partial charge in [-0.1, -0.05) is 43.7 Å². The number of benzene rings is 2. The van der Waals surface area contributed by atoms with Crippen molar-refractivity contribution < 1.29 is 4.74 Å². The van der Waals surface area contributed by atoms with Gasteiger partial charge in [0.1, 0.15) is 5.75 Å². The Morgan fingerprint density at radius 1 is 1.00 bits per heavy atom. The first-order valence-electron chi connectivity index (χ1n) is 7.49. The zero-order valence-electron chi connectivity index (χ0n) is 13.7. The van der Waals surface area contributed by atoms with Gasteiger partial charge in [-0.05, 0) is 48.2 Å². The quantitative estimate of drug-likeness (QED) is 0.873. The van der Waals surface area contributed by atoms with Crippen molar-refractivity contribution in [1.29, 1.82) is 0 Å². The zero-order chi connectivity index (χ0) is 15.4. The van der Waals surface area contributed by atoms with E-state index in [9.17, 15) is 0 Å². The third kappa shape index (κ3) is 3.85. The average molecular weight is 283 g/mol. The first-order chi connectivity index (χ1) is 10.0. The van der Waals surface area contributed by atoms with E-state index in [1.807, 2.05) is 6.07 Å². The number of methoxy groups -OCH3 is 1. The van der Waals surface area contributed by atoms with Crippen LogP contribution in [0.1, 0.15) is 30.5 Å². The number of hydrogen-bond acceptors (Lipinski definition) is 2. The summed E-state index contributed by atoms with van der Waals surface area (Å²) < 4.78 is 5.31. The normalized spacial score (nSPS) is 11.0. The molecular weight excluding hydrogens is 258 g/mol. The van der Waals surface area contributed by atoms with E-state index < -0.39 is 0 Å². The molecule has 2 aromatic carbocycles. The lowest BCUT2D eigenvalue weighted by Gasteiger charge is -2.16. The lowest BCUT2D eigenvalue weighted by atomic mass is 9.94. The molecule has 2 rings (SSSR count). The van der Waals surface area contributed by atoms with E-state index in [0.717, 1.165) is 12.3 Å². The molecule has 0 atom stereocenters. The molecule has 21 heavy (non-hydrogen) atoms. The molecule has 2 aromatic rings. The Labute approximate surface area is 128 Å². The summed E-state index contributed by atoms with van der Waals surface area (Å²) in [6.07, 6.45) is 0. The molecule has 0 aliphatic carbocycles. The summed E-state index contributed by atoms with van der Waals surface area (Å²) >= 11 is 0. The Morgan fingerprint density at radius 3 is 2.38 bits per heavy atom. The molecule has 0 heterocycles. The Kier molecular flexibility index (Phi) is 5.03. The summed E-state index contributed by atoms with van der Waals surface area (Å²) in [6.45, 7) is 9.51. The summed E-state index contributed by atoms with van der Waals surface area (Å²) in [7, 11) is 1.71. The van der Waals surface area contributed by atoms with Crippen molar-refractivity contribution in [3.63, 3.8) is 0 Å². The Bertz CT molecular complexity index is 617. The van der Waals surface area contributed by atoms with E-state index in [2.05, 4.69) is 63.3 Å². The van der Waals surface area contributed by atoms with Gasteiger partial charge < -0.3 is 10.1 Å². The third-order valence-electron chi connectivity index (χ3n) is 3.69. The van der Waals surface area contributed by atoms with Crippen molar-refractivity contribution in [2.24, 2.45) is 0 Å². The Hall–Kier alpha value is -1.80. The molecule has 0 aliphatic heterocycles.